The molecule has 1 aromatic heterocycles. The van der Waals surface area contributed by atoms with Crippen LogP contribution in [0.3, 0.4) is 0 Å². The Balaban J connectivity index is 0.00000180. The first-order valence-electron chi connectivity index (χ1n) is 5.63. The molecular weight excluding hydrogens is 301 g/mol. The molecule has 8 heteroatoms. The van der Waals surface area contributed by atoms with Gasteiger partial charge in [-0.3, -0.25) is 4.79 Å². The predicted octanol–water partition coefficient (Wildman–Crippen LogP) is 1.46. The summed E-state index contributed by atoms with van der Waals surface area (Å²) in [4.78, 5) is 15.3. The van der Waals surface area contributed by atoms with Crippen molar-refractivity contribution in [3.63, 3.8) is 0 Å². The van der Waals surface area contributed by atoms with Gasteiger partial charge in [-0.25, -0.2) is 9.67 Å². The number of amides is 1. The Morgan fingerprint density at radius 1 is 1.35 bits per heavy atom. The van der Waals surface area contributed by atoms with Crippen molar-refractivity contribution in [2.75, 3.05) is 5.32 Å². The first kappa shape index (κ1) is 18.4. The molecule has 0 aliphatic rings. The van der Waals surface area contributed by atoms with Crippen LogP contribution < -0.4 is 11.1 Å². The quantitative estimate of drug-likeness (QED) is 0.893. The lowest BCUT2D eigenvalue weighted by Gasteiger charge is -2.08. The fourth-order valence-electron chi connectivity index (χ4n) is 1.45. The minimum atomic E-state index is -0.514. The topological polar surface area (TPSA) is 85.8 Å². The molecule has 0 radical (unpaired) electrons. The first-order valence-corrected chi connectivity index (χ1v) is 5.63. The summed E-state index contributed by atoms with van der Waals surface area (Å²) < 4.78 is 1.73. The number of halogens is 2. The number of carbonyl (C=O) groups excluding carboxylic acids is 1. The Morgan fingerprint density at radius 3 is 2.50 bits per heavy atom. The molecule has 0 saturated heterocycles. The fraction of sp³-hybridized carbons (Fsp3) is 0.250. The molecule has 1 atom stereocenters. The maximum atomic E-state index is 11.4. The van der Waals surface area contributed by atoms with E-state index in [0.717, 1.165) is 11.3 Å². The van der Waals surface area contributed by atoms with Crippen molar-refractivity contribution in [3.8, 4) is 0 Å². The fourth-order valence-corrected chi connectivity index (χ4v) is 1.45. The standard InChI is InChI=1S/C12H15N5O.2ClH/c1-9(13)12(18)16-11-4-2-10(3-5-11)6-17-8-14-7-15-17;;/h2-5,7-9H,6,13H2,1H3,(H,16,18);2*1H/t9-;;/m1../s1. The second kappa shape index (κ2) is 8.52. The van der Waals surface area contributed by atoms with Crippen LogP contribution in [0.4, 0.5) is 5.69 Å². The van der Waals surface area contributed by atoms with Crippen LogP contribution in [0.15, 0.2) is 36.9 Å². The summed E-state index contributed by atoms with van der Waals surface area (Å²) in [7, 11) is 0. The zero-order valence-electron chi connectivity index (χ0n) is 10.9. The molecule has 0 aliphatic heterocycles. The zero-order valence-corrected chi connectivity index (χ0v) is 12.5. The highest BCUT2D eigenvalue weighted by molar-refractivity contribution is 5.94. The van der Waals surface area contributed by atoms with Crippen molar-refractivity contribution in [3.05, 3.63) is 42.5 Å². The minimum absolute atomic E-state index is 0. The summed E-state index contributed by atoms with van der Waals surface area (Å²) in [5.74, 6) is -0.195. The van der Waals surface area contributed by atoms with Crippen LogP contribution in [-0.2, 0) is 11.3 Å². The zero-order chi connectivity index (χ0) is 13.0. The van der Waals surface area contributed by atoms with Crippen molar-refractivity contribution in [2.24, 2.45) is 5.73 Å². The normalized spacial score (nSPS) is 10.9. The van der Waals surface area contributed by atoms with Crippen molar-refractivity contribution >= 4 is 36.4 Å². The number of nitrogens with zero attached hydrogens (tertiary/aromatic N) is 3. The molecule has 3 N–H and O–H groups in total. The van der Waals surface area contributed by atoms with E-state index in [1.165, 1.54) is 6.33 Å². The van der Waals surface area contributed by atoms with Gasteiger partial charge in [0.2, 0.25) is 5.91 Å². The Hall–Kier alpha value is -1.63. The van der Waals surface area contributed by atoms with Gasteiger partial charge in [-0.1, -0.05) is 12.1 Å². The molecule has 0 saturated carbocycles. The Kier molecular flexibility index (Phi) is 7.83. The van der Waals surface area contributed by atoms with Crippen LogP contribution in [0.1, 0.15) is 12.5 Å². The third-order valence-electron chi connectivity index (χ3n) is 2.45. The van der Waals surface area contributed by atoms with Gasteiger partial charge in [0.1, 0.15) is 12.7 Å². The summed E-state index contributed by atoms with van der Waals surface area (Å²) in [6.45, 7) is 2.30. The van der Waals surface area contributed by atoms with E-state index in [2.05, 4.69) is 15.4 Å². The van der Waals surface area contributed by atoms with E-state index in [1.807, 2.05) is 24.3 Å². The SMILES string of the molecule is C[C@@H](N)C(=O)Nc1ccc(Cn2cncn2)cc1.Cl.Cl. The van der Waals surface area contributed by atoms with Crippen LogP contribution in [0.5, 0.6) is 0 Å². The predicted molar refractivity (Wildman–Crippen MR) is 82.3 cm³/mol. The number of aromatic nitrogens is 3. The summed E-state index contributed by atoms with van der Waals surface area (Å²) in [6.07, 6.45) is 3.16. The third-order valence-corrected chi connectivity index (χ3v) is 2.45. The Morgan fingerprint density at radius 2 is 2.00 bits per heavy atom. The molecule has 0 spiro atoms. The molecule has 20 heavy (non-hydrogen) atoms. The first-order chi connectivity index (χ1) is 8.65. The van der Waals surface area contributed by atoms with E-state index in [9.17, 15) is 4.79 Å². The Bertz CT molecular complexity index is 513. The molecule has 110 valence electrons. The van der Waals surface area contributed by atoms with E-state index in [1.54, 1.807) is 17.9 Å². The summed E-state index contributed by atoms with van der Waals surface area (Å²) >= 11 is 0. The monoisotopic (exact) mass is 317 g/mol. The summed E-state index contributed by atoms with van der Waals surface area (Å²) in [5.41, 5.74) is 7.29. The van der Waals surface area contributed by atoms with Crippen LogP contribution in [0.2, 0.25) is 0 Å². The number of nitrogens with two attached hydrogens (primary N) is 1. The van der Waals surface area contributed by atoms with Gasteiger partial charge in [0.25, 0.3) is 0 Å². The summed E-state index contributed by atoms with van der Waals surface area (Å²) in [5, 5.41) is 6.75. The van der Waals surface area contributed by atoms with Gasteiger partial charge in [-0.2, -0.15) is 5.10 Å². The van der Waals surface area contributed by atoms with Crippen molar-refractivity contribution in [2.45, 2.75) is 19.5 Å². The minimum Gasteiger partial charge on any atom is -0.325 e. The molecule has 1 amide bonds. The van der Waals surface area contributed by atoms with Crippen molar-refractivity contribution in [1.29, 1.82) is 0 Å². The smallest absolute Gasteiger partial charge is 0.240 e. The van der Waals surface area contributed by atoms with E-state index in [-0.39, 0.29) is 30.7 Å². The molecule has 0 unspecified atom stereocenters. The third kappa shape index (κ3) is 5.16. The van der Waals surface area contributed by atoms with Crippen LogP contribution in [-0.4, -0.2) is 26.7 Å². The van der Waals surface area contributed by atoms with Crippen molar-refractivity contribution in [1.82, 2.24) is 14.8 Å². The largest absolute Gasteiger partial charge is 0.325 e. The summed E-state index contributed by atoms with van der Waals surface area (Å²) in [6, 6.07) is 7.02. The molecule has 2 aromatic rings. The lowest BCUT2D eigenvalue weighted by molar-refractivity contribution is -0.117. The highest BCUT2D eigenvalue weighted by Gasteiger charge is 2.06. The van der Waals surface area contributed by atoms with E-state index < -0.39 is 6.04 Å². The highest BCUT2D eigenvalue weighted by Crippen LogP contribution is 2.10. The van der Waals surface area contributed by atoms with Gasteiger partial charge < -0.3 is 11.1 Å². The van der Waals surface area contributed by atoms with E-state index in [0.29, 0.717) is 6.54 Å². The van der Waals surface area contributed by atoms with Gasteiger partial charge >= 0.3 is 0 Å². The lowest BCUT2D eigenvalue weighted by atomic mass is 10.2. The van der Waals surface area contributed by atoms with Crippen LogP contribution >= 0.6 is 24.8 Å². The number of nitrogens with one attached hydrogen (secondary N) is 1. The number of rotatable bonds is 4. The Labute approximate surface area is 129 Å². The molecule has 6 nitrogen and oxygen atoms in total. The van der Waals surface area contributed by atoms with Gasteiger partial charge in [0, 0.05) is 5.69 Å². The van der Waals surface area contributed by atoms with Crippen LogP contribution in [0, 0.1) is 0 Å². The number of hydrogen-bond acceptors (Lipinski definition) is 4. The number of benzene rings is 1. The van der Waals surface area contributed by atoms with Gasteiger partial charge in [-0.05, 0) is 24.6 Å². The van der Waals surface area contributed by atoms with Crippen molar-refractivity contribution < 1.29 is 4.79 Å². The lowest BCUT2D eigenvalue weighted by Crippen LogP contribution is -2.32. The second-order valence-electron chi connectivity index (χ2n) is 4.07. The van der Waals surface area contributed by atoms with Crippen LogP contribution in [0.25, 0.3) is 0 Å². The molecule has 0 aliphatic carbocycles. The number of anilines is 1. The molecule has 1 aromatic carbocycles. The molecule has 1 heterocycles. The molecule has 2 rings (SSSR count). The van der Waals surface area contributed by atoms with E-state index >= 15 is 0 Å². The molecule has 0 fully saturated rings. The number of hydrogen-bond donors (Lipinski definition) is 2. The van der Waals surface area contributed by atoms with E-state index in [4.69, 9.17) is 5.73 Å². The second-order valence-corrected chi connectivity index (χ2v) is 4.07. The maximum absolute atomic E-state index is 11.4. The average molecular weight is 318 g/mol. The van der Waals surface area contributed by atoms with Gasteiger partial charge in [0.15, 0.2) is 0 Å². The average Bonchev–Trinajstić information content (AvgIpc) is 2.84. The molecule has 0 bridgehead atoms. The molecular formula is C12H17Cl2N5O. The number of carbonyl (C=O) groups is 1. The van der Waals surface area contributed by atoms with Gasteiger partial charge in [-0.15, -0.1) is 24.8 Å². The van der Waals surface area contributed by atoms with Gasteiger partial charge in [0.05, 0.1) is 12.6 Å². The maximum Gasteiger partial charge on any atom is 0.240 e. The highest BCUT2D eigenvalue weighted by atomic mass is 35.5.